The number of aromatic nitrogens is 2. The first-order valence-corrected chi connectivity index (χ1v) is 13.1. The van der Waals surface area contributed by atoms with Gasteiger partial charge in [0.05, 0.1) is 12.2 Å². The molecule has 0 saturated heterocycles. The molecule has 2 atom stereocenters. The molecule has 7 nitrogen and oxygen atoms in total. The third-order valence-electron chi connectivity index (χ3n) is 6.16. The highest BCUT2D eigenvalue weighted by atomic mass is 35.5. The van der Waals surface area contributed by atoms with Crippen LogP contribution in [-0.4, -0.2) is 27.8 Å². The quantitative estimate of drug-likeness (QED) is 0.328. The Kier molecular flexibility index (Phi) is 8.36. The molecule has 3 aromatic rings. The van der Waals surface area contributed by atoms with Crippen LogP contribution in [-0.2, 0) is 4.79 Å². The van der Waals surface area contributed by atoms with Crippen LogP contribution >= 0.6 is 22.9 Å². The Morgan fingerprint density at radius 2 is 1.94 bits per heavy atom. The number of carbonyl (C=O) groups is 2. The zero-order valence-corrected chi connectivity index (χ0v) is 21.5. The van der Waals surface area contributed by atoms with Gasteiger partial charge in [0.25, 0.3) is 5.91 Å². The number of hydrogen-bond donors (Lipinski definition) is 3. The number of aryl methyl sites for hydroxylation is 1. The average molecular weight is 512 g/mol. The van der Waals surface area contributed by atoms with Gasteiger partial charge in [-0.2, -0.15) is 0 Å². The number of carbonyl (C=O) groups excluding carboxylic acids is 2. The SMILES string of the molecule is Cc1cc(NC(=O)[C@H](CC2CCCC2)NC(=O)c2cnc(C(C)Nc3cccc(Cl)c3)s2)ccn1. The molecule has 0 aliphatic heterocycles. The molecule has 184 valence electrons. The molecule has 1 aromatic carbocycles. The number of nitrogens with zero attached hydrogens (tertiary/aromatic N) is 2. The lowest BCUT2D eigenvalue weighted by atomic mass is 9.97. The van der Waals surface area contributed by atoms with Gasteiger partial charge in [-0.25, -0.2) is 4.98 Å². The predicted molar refractivity (Wildman–Crippen MR) is 141 cm³/mol. The molecule has 2 amide bonds. The molecule has 1 aliphatic rings. The van der Waals surface area contributed by atoms with E-state index in [1.807, 2.05) is 44.2 Å². The molecule has 2 aromatic heterocycles. The van der Waals surface area contributed by atoms with Gasteiger partial charge in [-0.3, -0.25) is 14.6 Å². The first-order valence-electron chi connectivity index (χ1n) is 11.9. The van der Waals surface area contributed by atoms with Crippen molar-refractivity contribution in [3.05, 3.63) is 69.4 Å². The Bertz CT molecular complexity index is 1180. The Hall–Kier alpha value is -2.97. The van der Waals surface area contributed by atoms with Gasteiger partial charge in [-0.05, 0) is 56.5 Å². The van der Waals surface area contributed by atoms with Crippen LogP contribution < -0.4 is 16.0 Å². The number of pyridine rings is 1. The molecule has 0 radical (unpaired) electrons. The summed E-state index contributed by atoms with van der Waals surface area (Å²) in [4.78, 5) is 35.3. The van der Waals surface area contributed by atoms with Crippen molar-refractivity contribution in [3.8, 4) is 0 Å². The van der Waals surface area contributed by atoms with Gasteiger partial charge in [0.2, 0.25) is 5.91 Å². The fourth-order valence-electron chi connectivity index (χ4n) is 4.38. The third-order valence-corrected chi connectivity index (χ3v) is 7.57. The van der Waals surface area contributed by atoms with Gasteiger partial charge in [-0.1, -0.05) is 43.4 Å². The van der Waals surface area contributed by atoms with Gasteiger partial charge in [0.15, 0.2) is 0 Å². The van der Waals surface area contributed by atoms with E-state index >= 15 is 0 Å². The zero-order chi connectivity index (χ0) is 24.8. The molecule has 35 heavy (non-hydrogen) atoms. The molecular weight excluding hydrogens is 482 g/mol. The van der Waals surface area contributed by atoms with Crippen LogP contribution in [0.5, 0.6) is 0 Å². The first-order chi connectivity index (χ1) is 16.9. The van der Waals surface area contributed by atoms with E-state index in [0.29, 0.717) is 27.9 Å². The number of anilines is 2. The van der Waals surface area contributed by atoms with Crippen molar-refractivity contribution < 1.29 is 9.59 Å². The van der Waals surface area contributed by atoms with E-state index in [0.717, 1.165) is 29.2 Å². The van der Waals surface area contributed by atoms with Crippen LogP contribution in [0, 0.1) is 12.8 Å². The number of benzene rings is 1. The first kappa shape index (κ1) is 25.1. The maximum Gasteiger partial charge on any atom is 0.263 e. The van der Waals surface area contributed by atoms with Crippen LogP contribution in [0.25, 0.3) is 0 Å². The number of thiazole rings is 1. The molecule has 1 saturated carbocycles. The predicted octanol–water partition coefficient (Wildman–Crippen LogP) is 5.99. The zero-order valence-electron chi connectivity index (χ0n) is 19.9. The van der Waals surface area contributed by atoms with Crippen molar-refractivity contribution in [1.82, 2.24) is 15.3 Å². The normalized spacial score (nSPS) is 15.4. The summed E-state index contributed by atoms with van der Waals surface area (Å²) in [6.07, 6.45) is 8.38. The van der Waals surface area contributed by atoms with E-state index < -0.39 is 6.04 Å². The topological polar surface area (TPSA) is 96.0 Å². The maximum atomic E-state index is 13.1. The average Bonchev–Trinajstić information content (AvgIpc) is 3.51. The van der Waals surface area contributed by atoms with Crippen LogP contribution in [0.2, 0.25) is 5.02 Å². The molecule has 9 heteroatoms. The number of halogens is 1. The fraction of sp³-hybridized carbons (Fsp3) is 0.385. The summed E-state index contributed by atoms with van der Waals surface area (Å²) in [7, 11) is 0. The standard InChI is InChI=1S/C26H30ClN5O2S/c1-16-12-21(10-11-28-16)31-24(33)22(13-18-6-3-4-7-18)32-25(34)23-15-29-26(35-23)17(2)30-20-9-5-8-19(27)14-20/h5,8-12,14-15,17-18,22,30H,3-4,6-7,13H2,1-2H3,(H,32,34)(H,28,31,33)/t17?,22-/m0/s1. The van der Waals surface area contributed by atoms with Crippen molar-refractivity contribution >= 4 is 46.1 Å². The summed E-state index contributed by atoms with van der Waals surface area (Å²) >= 11 is 7.39. The summed E-state index contributed by atoms with van der Waals surface area (Å²) < 4.78 is 0. The lowest BCUT2D eigenvalue weighted by Gasteiger charge is -2.21. The molecule has 4 rings (SSSR count). The summed E-state index contributed by atoms with van der Waals surface area (Å²) in [6, 6.07) is 10.3. The van der Waals surface area contributed by atoms with Crippen LogP contribution in [0.15, 0.2) is 48.8 Å². The monoisotopic (exact) mass is 511 g/mol. The summed E-state index contributed by atoms with van der Waals surface area (Å²) in [5.41, 5.74) is 2.37. The van der Waals surface area contributed by atoms with E-state index in [-0.39, 0.29) is 17.9 Å². The highest BCUT2D eigenvalue weighted by molar-refractivity contribution is 7.13. The summed E-state index contributed by atoms with van der Waals surface area (Å²) in [6.45, 7) is 3.85. The summed E-state index contributed by atoms with van der Waals surface area (Å²) in [5, 5.41) is 10.7. The van der Waals surface area contributed by atoms with E-state index in [4.69, 9.17) is 11.6 Å². The smallest absolute Gasteiger partial charge is 0.263 e. The molecule has 1 fully saturated rings. The van der Waals surface area contributed by atoms with Gasteiger partial charge < -0.3 is 16.0 Å². The number of amides is 2. The minimum absolute atomic E-state index is 0.104. The van der Waals surface area contributed by atoms with Crippen molar-refractivity contribution in [3.63, 3.8) is 0 Å². The molecule has 3 N–H and O–H groups in total. The maximum absolute atomic E-state index is 13.1. The molecule has 0 spiro atoms. The van der Waals surface area contributed by atoms with E-state index in [1.54, 1.807) is 18.5 Å². The lowest BCUT2D eigenvalue weighted by molar-refractivity contribution is -0.118. The Morgan fingerprint density at radius 1 is 1.14 bits per heavy atom. The second-order valence-corrected chi connectivity index (χ2v) is 10.5. The lowest BCUT2D eigenvalue weighted by Crippen LogP contribution is -2.44. The Balaban J connectivity index is 1.43. The largest absolute Gasteiger partial charge is 0.376 e. The van der Waals surface area contributed by atoms with E-state index in [2.05, 4.69) is 25.9 Å². The van der Waals surface area contributed by atoms with Crippen LogP contribution in [0.4, 0.5) is 11.4 Å². The van der Waals surface area contributed by atoms with E-state index in [1.165, 1.54) is 24.2 Å². The molecule has 0 bridgehead atoms. The van der Waals surface area contributed by atoms with Gasteiger partial charge in [0, 0.05) is 28.3 Å². The van der Waals surface area contributed by atoms with Gasteiger partial charge in [-0.15, -0.1) is 11.3 Å². The molecule has 1 unspecified atom stereocenters. The second-order valence-electron chi connectivity index (χ2n) is 9.03. The van der Waals surface area contributed by atoms with Crippen LogP contribution in [0.3, 0.4) is 0 Å². The summed E-state index contributed by atoms with van der Waals surface area (Å²) in [5.74, 6) is -0.0616. The van der Waals surface area contributed by atoms with Gasteiger partial charge >= 0.3 is 0 Å². The van der Waals surface area contributed by atoms with Crippen molar-refractivity contribution in [2.24, 2.45) is 5.92 Å². The Morgan fingerprint density at radius 3 is 2.69 bits per heavy atom. The van der Waals surface area contributed by atoms with Crippen molar-refractivity contribution in [2.75, 3.05) is 10.6 Å². The fourth-order valence-corrected chi connectivity index (χ4v) is 5.39. The van der Waals surface area contributed by atoms with Crippen molar-refractivity contribution in [1.29, 1.82) is 0 Å². The van der Waals surface area contributed by atoms with Gasteiger partial charge in [0.1, 0.15) is 15.9 Å². The van der Waals surface area contributed by atoms with E-state index in [9.17, 15) is 9.59 Å². The number of hydrogen-bond acceptors (Lipinski definition) is 6. The molecule has 1 aliphatic carbocycles. The minimum Gasteiger partial charge on any atom is -0.376 e. The number of rotatable bonds is 9. The minimum atomic E-state index is -0.619. The Labute approximate surface area is 214 Å². The highest BCUT2D eigenvalue weighted by Crippen LogP contribution is 2.29. The molecule has 2 heterocycles. The number of nitrogens with one attached hydrogen (secondary N) is 3. The molecular formula is C26H30ClN5O2S. The third kappa shape index (κ3) is 7.02. The van der Waals surface area contributed by atoms with Crippen molar-refractivity contribution in [2.45, 2.75) is 58.0 Å². The highest BCUT2D eigenvalue weighted by Gasteiger charge is 2.28. The van der Waals surface area contributed by atoms with Crippen LogP contribution in [0.1, 0.15) is 65.4 Å². The second kappa shape index (κ2) is 11.6.